The first-order valence-corrected chi connectivity index (χ1v) is 6.55. The summed E-state index contributed by atoms with van der Waals surface area (Å²) in [5, 5.41) is 3.39. The van der Waals surface area contributed by atoms with Gasteiger partial charge in [-0.1, -0.05) is 18.2 Å². The van der Waals surface area contributed by atoms with Crippen molar-refractivity contribution in [3.05, 3.63) is 35.6 Å². The summed E-state index contributed by atoms with van der Waals surface area (Å²) >= 11 is 0. The molecule has 3 nitrogen and oxygen atoms in total. The predicted molar refractivity (Wildman–Crippen MR) is 65.6 cm³/mol. The maximum absolute atomic E-state index is 13.8. The fraction of sp³-hybridized carbons (Fsp3) is 0.571. The fourth-order valence-corrected chi connectivity index (χ4v) is 2.84. The van der Waals surface area contributed by atoms with Crippen LogP contribution in [0.5, 0.6) is 0 Å². The van der Waals surface area contributed by atoms with E-state index in [9.17, 15) is 4.39 Å². The molecule has 0 radical (unpaired) electrons. The Bertz CT molecular complexity index is 418. The van der Waals surface area contributed by atoms with Crippen LogP contribution >= 0.6 is 0 Å². The summed E-state index contributed by atoms with van der Waals surface area (Å²) < 4.78 is 25.2. The number of ether oxygens (including phenoxy) is 2. The van der Waals surface area contributed by atoms with Crippen molar-refractivity contribution in [3.63, 3.8) is 0 Å². The van der Waals surface area contributed by atoms with Crippen LogP contribution in [0.1, 0.15) is 30.9 Å². The van der Waals surface area contributed by atoms with Gasteiger partial charge in [0.05, 0.1) is 13.2 Å². The number of halogens is 1. The minimum Gasteiger partial charge on any atom is -0.347 e. The molecule has 0 saturated carbocycles. The number of rotatable bonds is 1. The highest BCUT2D eigenvalue weighted by Crippen LogP contribution is 2.34. The molecule has 3 rings (SSSR count). The summed E-state index contributed by atoms with van der Waals surface area (Å²) in [4.78, 5) is 0. The normalized spacial score (nSPS) is 27.3. The lowest BCUT2D eigenvalue weighted by atomic mass is 9.99. The van der Waals surface area contributed by atoms with Gasteiger partial charge in [0.15, 0.2) is 5.79 Å². The highest BCUT2D eigenvalue weighted by Gasteiger charge is 2.38. The summed E-state index contributed by atoms with van der Waals surface area (Å²) in [7, 11) is 0. The Hall–Kier alpha value is -0.970. The van der Waals surface area contributed by atoms with Crippen molar-refractivity contribution in [2.24, 2.45) is 0 Å². The topological polar surface area (TPSA) is 30.5 Å². The minimum absolute atomic E-state index is 0.0541. The zero-order valence-electron chi connectivity index (χ0n) is 10.3. The second-order valence-electron chi connectivity index (χ2n) is 4.92. The molecule has 2 heterocycles. The zero-order chi connectivity index (χ0) is 12.4. The van der Waals surface area contributed by atoms with E-state index in [-0.39, 0.29) is 11.9 Å². The summed E-state index contributed by atoms with van der Waals surface area (Å²) in [6, 6.07) is 7.02. The minimum atomic E-state index is -0.424. The number of nitrogens with one attached hydrogen (secondary N) is 1. The van der Waals surface area contributed by atoms with Gasteiger partial charge in [-0.2, -0.15) is 0 Å². The van der Waals surface area contributed by atoms with E-state index in [1.165, 1.54) is 6.07 Å². The van der Waals surface area contributed by atoms with Crippen molar-refractivity contribution in [2.75, 3.05) is 19.8 Å². The second-order valence-corrected chi connectivity index (χ2v) is 4.92. The van der Waals surface area contributed by atoms with Crippen molar-refractivity contribution < 1.29 is 13.9 Å². The van der Waals surface area contributed by atoms with Gasteiger partial charge in [-0.3, -0.25) is 0 Å². The third-order valence-corrected chi connectivity index (χ3v) is 3.80. The van der Waals surface area contributed by atoms with Crippen molar-refractivity contribution in [1.29, 1.82) is 0 Å². The molecule has 0 aromatic heterocycles. The third-order valence-electron chi connectivity index (χ3n) is 3.80. The smallest absolute Gasteiger partial charge is 0.169 e. The number of hydrogen-bond acceptors (Lipinski definition) is 3. The van der Waals surface area contributed by atoms with Crippen LogP contribution in [-0.4, -0.2) is 25.5 Å². The van der Waals surface area contributed by atoms with Gasteiger partial charge in [-0.05, 0) is 12.5 Å². The van der Waals surface area contributed by atoms with Gasteiger partial charge >= 0.3 is 0 Å². The molecule has 0 bridgehead atoms. The molecule has 1 unspecified atom stereocenters. The Morgan fingerprint density at radius 2 is 1.94 bits per heavy atom. The SMILES string of the molecule is Fc1ccccc1C1CCC2(CCN1)OCCO2. The lowest BCUT2D eigenvalue weighted by molar-refractivity contribution is -0.163. The first-order valence-electron chi connectivity index (χ1n) is 6.55. The second kappa shape index (κ2) is 4.96. The Morgan fingerprint density at radius 1 is 1.17 bits per heavy atom. The van der Waals surface area contributed by atoms with E-state index in [4.69, 9.17) is 9.47 Å². The molecule has 1 spiro atoms. The number of hydrogen-bond donors (Lipinski definition) is 1. The molecule has 1 aromatic carbocycles. The fourth-order valence-electron chi connectivity index (χ4n) is 2.84. The van der Waals surface area contributed by atoms with Crippen molar-refractivity contribution in [3.8, 4) is 0 Å². The van der Waals surface area contributed by atoms with Gasteiger partial charge in [-0.15, -0.1) is 0 Å². The first-order chi connectivity index (χ1) is 8.79. The maximum atomic E-state index is 13.8. The van der Waals surface area contributed by atoms with Gasteiger partial charge in [0.25, 0.3) is 0 Å². The van der Waals surface area contributed by atoms with E-state index in [0.29, 0.717) is 13.2 Å². The Kier molecular flexibility index (Phi) is 3.33. The van der Waals surface area contributed by atoms with E-state index >= 15 is 0 Å². The highest BCUT2D eigenvalue weighted by atomic mass is 19.1. The monoisotopic (exact) mass is 251 g/mol. The maximum Gasteiger partial charge on any atom is 0.169 e. The lowest BCUT2D eigenvalue weighted by Crippen LogP contribution is -2.31. The van der Waals surface area contributed by atoms with E-state index in [0.717, 1.165) is 31.4 Å². The molecule has 2 aliphatic heterocycles. The molecule has 2 aliphatic rings. The van der Waals surface area contributed by atoms with Gasteiger partial charge in [-0.25, -0.2) is 4.39 Å². The molecule has 2 fully saturated rings. The average Bonchev–Trinajstić information content (AvgIpc) is 2.73. The third kappa shape index (κ3) is 2.28. The van der Waals surface area contributed by atoms with Crippen LogP contribution in [0, 0.1) is 5.82 Å². The molecular weight excluding hydrogens is 233 g/mol. The van der Waals surface area contributed by atoms with Crippen LogP contribution in [0.3, 0.4) is 0 Å². The van der Waals surface area contributed by atoms with Crippen molar-refractivity contribution in [1.82, 2.24) is 5.32 Å². The van der Waals surface area contributed by atoms with Crippen LogP contribution in [0.25, 0.3) is 0 Å². The Morgan fingerprint density at radius 3 is 2.72 bits per heavy atom. The summed E-state index contributed by atoms with van der Waals surface area (Å²) in [5.41, 5.74) is 0.743. The average molecular weight is 251 g/mol. The summed E-state index contributed by atoms with van der Waals surface area (Å²) in [6.07, 6.45) is 2.48. The van der Waals surface area contributed by atoms with Gasteiger partial charge in [0.2, 0.25) is 0 Å². The summed E-state index contributed by atoms with van der Waals surface area (Å²) in [6.45, 7) is 2.13. The van der Waals surface area contributed by atoms with Crippen LogP contribution in [0.4, 0.5) is 4.39 Å². The van der Waals surface area contributed by atoms with Crippen molar-refractivity contribution in [2.45, 2.75) is 31.1 Å². The number of benzene rings is 1. The largest absolute Gasteiger partial charge is 0.347 e. The van der Waals surface area contributed by atoms with Gasteiger partial charge < -0.3 is 14.8 Å². The van der Waals surface area contributed by atoms with Crippen molar-refractivity contribution >= 4 is 0 Å². The molecule has 0 amide bonds. The lowest BCUT2D eigenvalue weighted by Gasteiger charge is -2.25. The Balaban J connectivity index is 1.74. The highest BCUT2D eigenvalue weighted by molar-refractivity contribution is 5.21. The van der Waals surface area contributed by atoms with Crippen LogP contribution < -0.4 is 5.32 Å². The standard InChI is InChI=1S/C14H18FNO2/c15-12-4-2-1-3-11(12)13-5-6-14(7-8-16-13)17-9-10-18-14/h1-4,13,16H,5-10H2. The molecule has 0 aliphatic carbocycles. The van der Waals surface area contributed by atoms with Crippen LogP contribution in [0.2, 0.25) is 0 Å². The molecule has 1 N–H and O–H groups in total. The molecule has 18 heavy (non-hydrogen) atoms. The van der Waals surface area contributed by atoms with Crippen LogP contribution in [0.15, 0.2) is 24.3 Å². The zero-order valence-corrected chi connectivity index (χ0v) is 10.3. The molecule has 1 atom stereocenters. The van der Waals surface area contributed by atoms with Crippen LogP contribution in [-0.2, 0) is 9.47 Å². The van der Waals surface area contributed by atoms with E-state index in [2.05, 4.69) is 5.32 Å². The van der Waals surface area contributed by atoms with Gasteiger partial charge in [0, 0.05) is 31.0 Å². The Labute approximate surface area is 106 Å². The first kappa shape index (κ1) is 12.1. The van der Waals surface area contributed by atoms with Gasteiger partial charge in [0.1, 0.15) is 5.82 Å². The molecular formula is C14H18FNO2. The van der Waals surface area contributed by atoms with E-state index < -0.39 is 5.79 Å². The predicted octanol–water partition coefficient (Wildman–Crippen LogP) is 2.38. The summed E-state index contributed by atoms with van der Waals surface area (Å²) in [5.74, 6) is -0.563. The molecule has 1 aromatic rings. The van der Waals surface area contributed by atoms with E-state index in [1.807, 2.05) is 12.1 Å². The molecule has 98 valence electrons. The van der Waals surface area contributed by atoms with E-state index in [1.54, 1.807) is 6.07 Å². The molecule has 4 heteroatoms. The quantitative estimate of drug-likeness (QED) is 0.831. The molecule has 2 saturated heterocycles.